The van der Waals surface area contributed by atoms with Crippen LogP contribution in [-0.4, -0.2) is 54.4 Å². The Balaban J connectivity index is 1.74. The van der Waals surface area contributed by atoms with Gasteiger partial charge in [-0.05, 0) is 25.8 Å². The average molecular weight is 364 g/mol. The number of nitrogens with one attached hydrogen (secondary N) is 1. The van der Waals surface area contributed by atoms with Crippen molar-refractivity contribution in [3.05, 3.63) is 36.0 Å². The maximum atomic E-state index is 12.6. The number of para-hydroxylation sites is 1. The molecule has 0 amide bonds. The molecule has 0 unspecified atom stereocenters. The van der Waals surface area contributed by atoms with Crippen LogP contribution in [-0.2, 0) is 19.6 Å². The van der Waals surface area contributed by atoms with E-state index in [0.29, 0.717) is 24.9 Å². The second kappa shape index (κ2) is 6.61. The molecule has 0 saturated carbocycles. The SMILES string of the molecule is C[C@@H](OC(=O)[C@@H]1CCCN1S(C)(=O)=O)C(=O)c1c[nH]c2ccccc12. The zero-order valence-electron chi connectivity index (χ0n) is 14.1. The number of rotatable bonds is 5. The van der Waals surface area contributed by atoms with Crippen molar-refractivity contribution in [1.29, 1.82) is 0 Å². The summed E-state index contributed by atoms with van der Waals surface area (Å²) in [6.45, 7) is 1.80. The minimum Gasteiger partial charge on any atom is -0.453 e. The number of hydrogen-bond donors (Lipinski definition) is 1. The molecule has 0 spiro atoms. The summed E-state index contributed by atoms with van der Waals surface area (Å²) >= 11 is 0. The number of benzene rings is 1. The van der Waals surface area contributed by atoms with E-state index < -0.39 is 28.1 Å². The molecule has 25 heavy (non-hydrogen) atoms. The quantitative estimate of drug-likeness (QED) is 0.643. The Morgan fingerprint density at radius 2 is 2.04 bits per heavy atom. The van der Waals surface area contributed by atoms with Gasteiger partial charge in [-0.25, -0.2) is 8.42 Å². The lowest BCUT2D eigenvalue weighted by atomic mass is 10.1. The highest BCUT2D eigenvalue weighted by molar-refractivity contribution is 7.88. The fourth-order valence-corrected chi connectivity index (χ4v) is 4.29. The Morgan fingerprint density at radius 1 is 1.32 bits per heavy atom. The third-order valence-corrected chi connectivity index (χ3v) is 5.71. The van der Waals surface area contributed by atoms with E-state index in [2.05, 4.69) is 4.98 Å². The van der Waals surface area contributed by atoms with Crippen LogP contribution in [0.25, 0.3) is 10.9 Å². The first-order valence-electron chi connectivity index (χ1n) is 8.06. The van der Waals surface area contributed by atoms with E-state index in [0.717, 1.165) is 21.5 Å². The molecular formula is C17H20N2O5S. The highest BCUT2D eigenvalue weighted by atomic mass is 32.2. The van der Waals surface area contributed by atoms with Gasteiger partial charge in [0.15, 0.2) is 6.10 Å². The van der Waals surface area contributed by atoms with Crippen molar-refractivity contribution < 1.29 is 22.7 Å². The number of carbonyl (C=O) groups is 2. The summed E-state index contributed by atoms with van der Waals surface area (Å²) in [4.78, 5) is 28.0. The standard InChI is InChI=1S/C17H20N2O5S/c1-11(16(20)13-10-18-14-7-4-3-6-12(13)14)24-17(21)15-8-5-9-19(15)25(2,22)23/h3-4,6-7,10-11,15,18H,5,8-9H2,1-2H3/t11-,15+/m1/s1. The van der Waals surface area contributed by atoms with Crippen molar-refractivity contribution in [2.75, 3.05) is 12.8 Å². The van der Waals surface area contributed by atoms with Crippen molar-refractivity contribution >= 4 is 32.7 Å². The van der Waals surface area contributed by atoms with Crippen LogP contribution < -0.4 is 0 Å². The van der Waals surface area contributed by atoms with E-state index in [-0.39, 0.29) is 5.78 Å². The summed E-state index contributed by atoms with van der Waals surface area (Å²) in [7, 11) is -3.48. The molecule has 0 bridgehead atoms. The summed E-state index contributed by atoms with van der Waals surface area (Å²) in [5.41, 5.74) is 1.27. The molecule has 2 heterocycles. The van der Waals surface area contributed by atoms with Crippen LogP contribution in [0.5, 0.6) is 0 Å². The van der Waals surface area contributed by atoms with E-state index in [4.69, 9.17) is 4.74 Å². The second-order valence-electron chi connectivity index (χ2n) is 6.22. The van der Waals surface area contributed by atoms with E-state index in [9.17, 15) is 18.0 Å². The third-order valence-electron chi connectivity index (χ3n) is 4.42. The first-order valence-corrected chi connectivity index (χ1v) is 9.91. The fourth-order valence-electron chi connectivity index (χ4n) is 3.17. The molecule has 1 fully saturated rings. The van der Waals surface area contributed by atoms with Crippen molar-refractivity contribution in [3.63, 3.8) is 0 Å². The second-order valence-corrected chi connectivity index (χ2v) is 8.16. The van der Waals surface area contributed by atoms with Crippen LogP contribution in [0.3, 0.4) is 0 Å². The highest BCUT2D eigenvalue weighted by Gasteiger charge is 2.38. The molecule has 8 heteroatoms. The molecule has 2 atom stereocenters. The Kier molecular flexibility index (Phi) is 4.66. The summed E-state index contributed by atoms with van der Waals surface area (Å²) in [5.74, 6) is -1.00. The summed E-state index contributed by atoms with van der Waals surface area (Å²) in [5, 5.41) is 0.758. The first-order chi connectivity index (χ1) is 11.8. The van der Waals surface area contributed by atoms with Gasteiger partial charge in [0.25, 0.3) is 0 Å². The van der Waals surface area contributed by atoms with Gasteiger partial charge in [-0.2, -0.15) is 4.31 Å². The number of H-pyrrole nitrogens is 1. The molecule has 1 aromatic carbocycles. The number of Topliss-reactive ketones (excluding diaryl/α,β-unsaturated/α-hetero) is 1. The molecule has 0 radical (unpaired) electrons. The van der Waals surface area contributed by atoms with Crippen LogP contribution in [0.4, 0.5) is 0 Å². The van der Waals surface area contributed by atoms with Gasteiger partial charge in [0, 0.05) is 29.2 Å². The number of hydrogen-bond acceptors (Lipinski definition) is 5. The smallest absolute Gasteiger partial charge is 0.325 e. The maximum Gasteiger partial charge on any atom is 0.325 e. The number of ether oxygens (including phenoxy) is 1. The van der Waals surface area contributed by atoms with Crippen LogP contribution in [0, 0.1) is 0 Å². The molecule has 1 aromatic heterocycles. The van der Waals surface area contributed by atoms with Gasteiger partial charge in [0.1, 0.15) is 6.04 Å². The zero-order chi connectivity index (χ0) is 18.2. The number of fused-ring (bicyclic) bond motifs is 1. The van der Waals surface area contributed by atoms with E-state index in [1.165, 1.54) is 6.92 Å². The maximum absolute atomic E-state index is 12.6. The van der Waals surface area contributed by atoms with Crippen molar-refractivity contribution in [2.24, 2.45) is 0 Å². The van der Waals surface area contributed by atoms with E-state index in [1.54, 1.807) is 6.20 Å². The Bertz CT molecular complexity index is 918. The molecule has 0 aliphatic carbocycles. The Morgan fingerprint density at radius 3 is 2.76 bits per heavy atom. The summed E-state index contributed by atoms with van der Waals surface area (Å²) < 4.78 is 29.9. The monoisotopic (exact) mass is 364 g/mol. The van der Waals surface area contributed by atoms with Gasteiger partial charge in [-0.3, -0.25) is 9.59 Å². The van der Waals surface area contributed by atoms with Gasteiger partial charge in [0.2, 0.25) is 15.8 Å². The molecule has 134 valence electrons. The number of nitrogens with zero attached hydrogens (tertiary/aromatic N) is 1. The minimum absolute atomic E-state index is 0.295. The molecular weight excluding hydrogens is 344 g/mol. The molecule has 7 nitrogen and oxygen atoms in total. The lowest BCUT2D eigenvalue weighted by molar-refractivity contribution is -0.150. The van der Waals surface area contributed by atoms with Crippen molar-refractivity contribution in [1.82, 2.24) is 9.29 Å². The fraction of sp³-hybridized carbons (Fsp3) is 0.412. The average Bonchev–Trinajstić information content (AvgIpc) is 3.20. The first kappa shape index (κ1) is 17.6. The number of carbonyl (C=O) groups excluding carboxylic acids is 2. The van der Waals surface area contributed by atoms with Crippen LogP contribution >= 0.6 is 0 Å². The molecule has 2 aromatic rings. The molecule has 1 saturated heterocycles. The number of sulfonamides is 1. The zero-order valence-corrected chi connectivity index (χ0v) is 14.9. The van der Waals surface area contributed by atoms with Gasteiger partial charge < -0.3 is 9.72 Å². The lowest BCUT2D eigenvalue weighted by Gasteiger charge is -2.22. The van der Waals surface area contributed by atoms with Gasteiger partial charge >= 0.3 is 5.97 Å². The predicted octanol–water partition coefficient (Wildman–Crippen LogP) is 1.71. The van der Waals surface area contributed by atoms with Crippen molar-refractivity contribution in [2.45, 2.75) is 31.9 Å². The number of ketones is 1. The van der Waals surface area contributed by atoms with E-state index in [1.807, 2.05) is 24.3 Å². The topological polar surface area (TPSA) is 96.5 Å². The number of aromatic nitrogens is 1. The van der Waals surface area contributed by atoms with Gasteiger partial charge in [-0.1, -0.05) is 18.2 Å². The molecule has 3 rings (SSSR count). The molecule has 1 N–H and O–H groups in total. The largest absolute Gasteiger partial charge is 0.453 e. The summed E-state index contributed by atoms with van der Waals surface area (Å²) in [6.07, 6.45) is 2.67. The lowest BCUT2D eigenvalue weighted by Crippen LogP contribution is -2.42. The minimum atomic E-state index is -3.48. The summed E-state index contributed by atoms with van der Waals surface area (Å²) in [6, 6.07) is 6.50. The Labute approximate surface area is 146 Å². The predicted molar refractivity (Wildman–Crippen MR) is 92.8 cm³/mol. The highest BCUT2D eigenvalue weighted by Crippen LogP contribution is 2.23. The Hall–Kier alpha value is -2.19. The van der Waals surface area contributed by atoms with Gasteiger partial charge in [-0.15, -0.1) is 0 Å². The van der Waals surface area contributed by atoms with Crippen LogP contribution in [0.2, 0.25) is 0 Å². The number of aromatic amines is 1. The molecule has 1 aliphatic heterocycles. The van der Waals surface area contributed by atoms with E-state index >= 15 is 0 Å². The van der Waals surface area contributed by atoms with Crippen molar-refractivity contribution in [3.8, 4) is 0 Å². The van der Waals surface area contributed by atoms with Crippen LogP contribution in [0.15, 0.2) is 30.5 Å². The molecule has 1 aliphatic rings. The number of esters is 1. The normalized spacial score (nSPS) is 19.8. The third kappa shape index (κ3) is 3.45. The van der Waals surface area contributed by atoms with Gasteiger partial charge in [0.05, 0.1) is 6.26 Å². The van der Waals surface area contributed by atoms with Crippen LogP contribution in [0.1, 0.15) is 30.1 Å².